The molecule has 3 rings (SSSR count). The molecule has 1 aromatic rings. The molecule has 1 amide bonds. The van der Waals surface area contributed by atoms with Gasteiger partial charge in [-0.15, -0.1) is 0 Å². The Hall–Kier alpha value is -1.62. The number of hydrogen-bond donors (Lipinski definition) is 2. The molecule has 2 saturated carbocycles. The smallest absolute Gasteiger partial charge is 0.256 e. The molecule has 0 aromatic heterocycles. The Kier molecular flexibility index (Phi) is 3.14. The van der Waals surface area contributed by atoms with Crippen molar-refractivity contribution in [1.29, 1.82) is 0 Å². The molecule has 0 bridgehead atoms. The van der Waals surface area contributed by atoms with Crippen LogP contribution in [0.1, 0.15) is 36.0 Å². The number of para-hydroxylation sites is 1. The summed E-state index contributed by atoms with van der Waals surface area (Å²) in [5.41, 5.74) is 2.73. The molecule has 3 N–H and O–H groups in total. The van der Waals surface area contributed by atoms with Crippen molar-refractivity contribution in [2.24, 2.45) is 11.8 Å². The largest absolute Gasteiger partial charge is 0.335 e. The quantitative estimate of drug-likeness (QED) is 0.632. The molecule has 0 unspecified atom stereocenters. The van der Waals surface area contributed by atoms with Gasteiger partial charge in [0.2, 0.25) is 0 Å². The summed E-state index contributed by atoms with van der Waals surface area (Å²) in [5, 5.41) is 0. The normalized spacial score (nSPS) is 18.2. The van der Waals surface area contributed by atoms with Gasteiger partial charge in [-0.2, -0.15) is 0 Å². The number of nitrogens with two attached hydrogens (primary N) is 1. The summed E-state index contributed by atoms with van der Waals surface area (Å²) in [6.07, 6.45) is 4.50. The number of anilines is 1. The van der Waals surface area contributed by atoms with Crippen LogP contribution in [0.2, 0.25) is 0 Å². The Morgan fingerprint density at radius 2 is 2.11 bits per heavy atom. The Bertz CT molecular complexity index is 497. The van der Waals surface area contributed by atoms with E-state index in [0.717, 1.165) is 19.4 Å². The molecule has 102 valence electrons. The first kappa shape index (κ1) is 12.4. The van der Waals surface area contributed by atoms with Gasteiger partial charge in [-0.1, -0.05) is 6.07 Å². The number of carbonyl (C=O) groups excluding carboxylic acids is 1. The summed E-state index contributed by atoms with van der Waals surface area (Å²) >= 11 is 0. The first-order valence-electron chi connectivity index (χ1n) is 6.77. The van der Waals surface area contributed by atoms with E-state index in [1.165, 1.54) is 18.9 Å². The number of nitrogens with one attached hydrogen (secondary N) is 1. The predicted molar refractivity (Wildman–Crippen MR) is 71.0 cm³/mol. The molecule has 19 heavy (non-hydrogen) atoms. The number of amides is 1. The Labute approximate surface area is 111 Å². The van der Waals surface area contributed by atoms with Crippen molar-refractivity contribution in [3.8, 4) is 0 Å². The standard InChI is InChI=1S/C14H18FN3O/c15-12-3-1-2-11(13(12)17-16)14(19)18(10-6-7-10)8-9-4-5-9/h1-3,9-10,17H,4-8,16H2. The molecule has 4 nitrogen and oxygen atoms in total. The number of nitrogen functional groups attached to an aromatic ring is 1. The van der Waals surface area contributed by atoms with E-state index in [0.29, 0.717) is 17.5 Å². The minimum atomic E-state index is -0.490. The lowest BCUT2D eigenvalue weighted by Gasteiger charge is -2.23. The van der Waals surface area contributed by atoms with Gasteiger partial charge in [0, 0.05) is 12.6 Å². The Balaban J connectivity index is 1.86. The zero-order chi connectivity index (χ0) is 13.4. The average Bonchev–Trinajstić information content (AvgIpc) is 3.27. The van der Waals surface area contributed by atoms with Crippen molar-refractivity contribution >= 4 is 11.6 Å². The minimum absolute atomic E-state index is 0.0916. The zero-order valence-corrected chi connectivity index (χ0v) is 10.7. The molecule has 1 aromatic carbocycles. The van der Waals surface area contributed by atoms with Gasteiger partial charge in [0.25, 0.3) is 5.91 Å². The fourth-order valence-corrected chi connectivity index (χ4v) is 2.37. The molecule has 0 spiro atoms. The number of hydrazine groups is 1. The average molecular weight is 263 g/mol. The third-order valence-electron chi connectivity index (χ3n) is 3.79. The highest BCUT2D eigenvalue weighted by Crippen LogP contribution is 2.36. The highest BCUT2D eigenvalue weighted by Gasteiger charge is 2.37. The molecule has 0 aliphatic heterocycles. The zero-order valence-electron chi connectivity index (χ0n) is 10.7. The summed E-state index contributed by atoms with van der Waals surface area (Å²) in [4.78, 5) is 14.5. The van der Waals surface area contributed by atoms with Gasteiger partial charge >= 0.3 is 0 Å². The van der Waals surface area contributed by atoms with Crippen LogP contribution in [0.3, 0.4) is 0 Å². The van der Waals surface area contributed by atoms with E-state index < -0.39 is 5.82 Å². The van der Waals surface area contributed by atoms with Crippen LogP contribution in [0.4, 0.5) is 10.1 Å². The fraction of sp³-hybridized carbons (Fsp3) is 0.500. The number of halogens is 1. The maximum atomic E-state index is 13.7. The van der Waals surface area contributed by atoms with Gasteiger partial charge in [0.05, 0.1) is 11.3 Å². The molecule has 5 heteroatoms. The van der Waals surface area contributed by atoms with Crippen LogP contribution in [0.15, 0.2) is 18.2 Å². The van der Waals surface area contributed by atoms with Gasteiger partial charge in [0.15, 0.2) is 0 Å². The molecule has 2 aliphatic carbocycles. The van der Waals surface area contributed by atoms with Crippen molar-refractivity contribution in [2.75, 3.05) is 12.0 Å². The van der Waals surface area contributed by atoms with Crippen LogP contribution in [0.25, 0.3) is 0 Å². The second-order valence-electron chi connectivity index (χ2n) is 5.44. The van der Waals surface area contributed by atoms with Crippen molar-refractivity contribution < 1.29 is 9.18 Å². The van der Waals surface area contributed by atoms with E-state index >= 15 is 0 Å². The second kappa shape index (κ2) is 4.81. The van der Waals surface area contributed by atoms with Gasteiger partial charge in [-0.25, -0.2) is 4.39 Å². The summed E-state index contributed by atoms with van der Waals surface area (Å²) in [6, 6.07) is 4.81. The van der Waals surface area contributed by atoms with E-state index in [2.05, 4.69) is 5.43 Å². The number of nitrogens with zero attached hydrogens (tertiary/aromatic N) is 1. The molecule has 0 atom stereocenters. The fourth-order valence-electron chi connectivity index (χ4n) is 2.37. The number of hydrogen-bond acceptors (Lipinski definition) is 3. The van der Waals surface area contributed by atoms with Crippen LogP contribution < -0.4 is 11.3 Å². The summed E-state index contributed by atoms with van der Waals surface area (Å²) < 4.78 is 13.7. The monoisotopic (exact) mass is 263 g/mol. The van der Waals surface area contributed by atoms with Crippen molar-refractivity contribution in [3.05, 3.63) is 29.6 Å². The second-order valence-corrected chi connectivity index (χ2v) is 5.44. The predicted octanol–water partition coefficient (Wildman–Crippen LogP) is 2.13. The highest BCUT2D eigenvalue weighted by molar-refractivity contribution is 6.00. The van der Waals surface area contributed by atoms with Crippen LogP contribution >= 0.6 is 0 Å². The van der Waals surface area contributed by atoms with Crippen molar-refractivity contribution in [2.45, 2.75) is 31.7 Å². The highest BCUT2D eigenvalue weighted by atomic mass is 19.1. The van der Waals surface area contributed by atoms with Gasteiger partial charge < -0.3 is 10.3 Å². The third kappa shape index (κ3) is 2.56. The van der Waals surface area contributed by atoms with Gasteiger partial charge in [-0.3, -0.25) is 10.6 Å². The summed E-state index contributed by atoms with van der Waals surface area (Å²) in [6.45, 7) is 0.796. The van der Waals surface area contributed by atoms with E-state index in [1.807, 2.05) is 4.90 Å². The SMILES string of the molecule is NNc1c(F)cccc1C(=O)N(CC1CC1)C1CC1. The van der Waals surface area contributed by atoms with Gasteiger partial charge in [0.1, 0.15) is 5.82 Å². The molecular formula is C14H18FN3O. The maximum absolute atomic E-state index is 13.7. The number of rotatable bonds is 5. The van der Waals surface area contributed by atoms with E-state index in [4.69, 9.17) is 5.84 Å². The molecule has 2 fully saturated rings. The Morgan fingerprint density at radius 1 is 1.37 bits per heavy atom. The van der Waals surface area contributed by atoms with Crippen LogP contribution in [-0.2, 0) is 0 Å². The van der Waals surface area contributed by atoms with Gasteiger partial charge in [-0.05, 0) is 43.7 Å². The van der Waals surface area contributed by atoms with E-state index in [9.17, 15) is 9.18 Å². The van der Waals surface area contributed by atoms with Crippen LogP contribution in [0.5, 0.6) is 0 Å². The summed E-state index contributed by atoms with van der Waals surface area (Å²) in [5.74, 6) is 5.37. The first-order chi connectivity index (χ1) is 9.20. The van der Waals surface area contributed by atoms with E-state index in [-0.39, 0.29) is 11.6 Å². The molecule has 0 heterocycles. The minimum Gasteiger partial charge on any atom is -0.335 e. The molecule has 2 aliphatic rings. The topological polar surface area (TPSA) is 58.4 Å². The lowest BCUT2D eigenvalue weighted by molar-refractivity contribution is 0.0735. The summed E-state index contributed by atoms with van der Waals surface area (Å²) in [7, 11) is 0. The molecule has 0 saturated heterocycles. The number of benzene rings is 1. The van der Waals surface area contributed by atoms with Crippen molar-refractivity contribution in [1.82, 2.24) is 4.90 Å². The lowest BCUT2D eigenvalue weighted by Crippen LogP contribution is -2.35. The van der Waals surface area contributed by atoms with Crippen LogP contribution in [0, 0.1) is 11.7 Å². The third-order valence-corrected chi connectivity index (χ3v) is 3.79. The lowest BCUT2D eigenvalue weighted by atomic mass is 10.1. The van der Waals surface area contributed by atoms with Crippen molar-refractivity contribution in [3.63, 3.8) is 0 Å². The Morgan fingerprint density at radius 3 is 2.68 bits per heavy atom. The first-order valence-corrected chi connectivity index (χ1v) is 6.77. The number of carbonyl (C=O) groups is 1. The van der Waals surface area contributed by atoms with Crippen LogP contribution in [-0.4, -0.2) is 23.4 Å². The molecular weight excluding hydrogens is 245 g/mol. The molecule has 0 radical (unpaired) electrons. The van der Waals surface area contributed by atoms with E-state index in [1.54, 1.807) is 12.1 Å². The maximum Gasteiger partial charge on any atom is 0.256 e.